The summed E-state index contributed by atoms with van der Waals surface area (Å²) in [7, 11) is 0. The van der Waals surface area contributed by atoms with E-state index in [-0.39, 0.29) is 17.2 Å². The average molecular weight is 438 g/mol. The second-order valence-electron chi connectivity index (χ2n) is 5.77. The fraction of sp³-hybridized carbons (Fsp3) is 0. The van der Waals surface area contributed by atoms with E-state index < -0.39 is 5.91 Å². The van der Waals surface area contributed by atoms with Gasteiger partial charge in [-0.05, 0) is 42.5 Å². The molecular weight excluding hydrogens is 422 g/mol. The number of carbonyl (C=O) groups excluding carboxylic acids is 2. The van der Waals surface area contributed by atoms with Crippen molar-refractivity contribution < 1.29 is 14.7 Å². The molecule has 0 bridgehead atoms. The molecule has 0 atom stereocenters. The third-order valence-electron chi connectivity index (χ3n) is 3.82. The lowest BCUT2D eigenvalue weighted by molar-refractivity contribution is 0.0956. The van der Waals surface area contributed by atoms with Gasteiger partial charge in [-0.3, -0.25) is 9.59 Å². The van der Waals surface area contributed by atoms with Crippen molar-refractivity contribution in [2.24, 2.45) is 5.10 Å². The molecule has 0 saturated heterocycles. The Morgan fingerprint density at radius 3 is 2.43 bits per heavy atom. The maximum absolute atomic E-state index is 12.5. The summed E-state index contributed by atoms with van der Waals surface area (Å²) in [5.74, 6) is -0.769. The summed E-state index contributed by atoms with van der Waals surface area (Å²) in [5, 5.41) is 16.4. The van der Waals surface area contributed by atoms with E-state index in [1.165, 1.54) is 12.3 Å². The zero-order valence-electron chi connectivity index (χ0n) is 14.6. The van der Waals surface area contributed by atoms with Crippen LogP contribution in [0.1, 0.15) is 26.3 Å². The van der Waals surface area contributed by atoms with Gasteiger partial charge in [-0.15, -0.1) is 0 Å². The van der Waals surface area contributed by atoms with Crippen molar-refractivity contribution in [3.05, 3.63) is 94.0 Å². The van der Waals surface area contributed by atoms with Gasteiger partial charge in [0.2, 0.25) is 0 Å². The number of aromatic hydroxyl groups is 1. The first-order valence-corrected chi connectivity index (χ1v) is 9.11. The van der Waals surface area contributed by atoms with Crippen molar-refractivity contribution in [2.75, 3.05) is 5.32 Å². The number of benzene rings is 3. The van der Waals surface area contributed by atoms with Gasteiger partial charge in [-0.1, -0.05) is 46.3 Å². The number of carbonyl (C=O) groups is 2. The van der Waals surface area contributed by atoms with E-state index in [0.717, 1.165) is 4.47 Å². The van der Waals surface area contributed by atoms with Crippen molar-refractivity contribution in [1.82, 2.24) is 5.43 Å². The number of anilines is 1. The standard InChI is InChI=1S/C21H16BrN3O3/c22-16-10-11-19(26)15(12-16)13-23-25-21(28)17-8-4-5-9-18(17)24-20(27)14-6-2-1-3-7-14/h1-13,26H,(H,24,27)(H,25,28)/b23-13+. The van der Waals surface area contributed by atoms with Crippen LogP contribution >= 0.6 is 15.9 Å². The quantitative estimate of drug-likeness (QED) is 0.413. The Morgan fingerprint density at radius 2 is 1.64 bits per heavy atom. The summed E-state index contributed by atoms with van der Waals surface area (Å²) >= 11 is 3.31. The number of nitrogens with one attached hydrogen (secondary N) is 2. The van der Waals surface area contributed by atoms with Gasteiger partial charge in [0.1, 0.15) is 5.75 Å². The van der Waals surface area contributed by atoms with E-state index in [4.69, 9.17) is 0 Å². The molecule has 0 heterocycles. The molecule has 0 aliphatic carbocycles. The van der Waals surface area contributed by atoms with Gasteiger partial charge in [0.05, 0.1) is 17.5 Å². The molecule has 3 aromatic carbocycles. The van der Waals surface area contributed by atoms with Crippen LogP contribution < -0.4 is 10.7 Å². The molecule has 6 nitrogen and oxygen atoms in total. The SMILES string of the molecule is O=C(Nc1ccccc1C(=O)N/N=C/c1cc(Br)ccc1O)c1ccccc1. The Morgan fingerprint density at radius 1 is 0.929 bits per heavy atom. The summed E-state index contributed by atoms with van der Waals surface area (Å²) in [4.78, 5) is 24.8. The summed E-state index contributed by atoms with van der Waals surface area (Å²) in [6.45, 7) is 0. The molecule has 7 heteroatoms. The molecule has 0 aliphatic heterocycles. The molecular formula is C21H16BrN3O3. The lowest BCUT2D eigenvalue weighted by atomic mass is 10.1. The molecule has 0 aliphatic rings. The van der Waals surface area contributed by atoms with Gasteiger partial charge in [0.25, 0.3) is 11.8 Å². The number of amides is 2. The lowest BCUT2D eigenvalue weighted by Crippen LogP contribution is -2.21. The first-order chi connectivity index (χ1) is 13.5. The van der Waals surface area contributed by atoms with Crippen molar-refractivity contribution >= 4 is 39.6 Å². The molecule has 28 heavy (non-hydrogen) atoms. The van der Waals surface area contributed by atoms with E-state index >= 15 is 0 Å². The summed E-state index contributed by atoms with van der Waals surface area (Å²) in [5.41, 5.74) is 3.97. The van der Waals surface area contributed by atoms with E-state index in [2.05, 4.69) is 31.8 Å². The predicted molar refractivity (Wildman–Crippen MR) is 112 cm³/mol. The normalized spacial score (nSPS) is 10.6. The molecule has 3 aromatic rings. The summed E-state index contributed by atoms with van der Waals surface area (Å²) in [6.07, 6.45) is 1.34. The number of hydrazone groups is 1. The first kappa shape index (κ1) is 19.3. The molecule has 3 rings (SSSR count). The van der Waals surface area contributed by atoms with Crippen molar-refractivity contribution in [1.29, 1.82) is 0 Å². The Kier molecular flexibility index (Phi) is 6.18. The Balaban J connectivity index is 1.73. The average Bonchev–Trinajstić information content (AvgIpc) is 2.71. The van der Waals surface area contributed by atoms with Crippen molar-refractivity contribution in [3.63, 3.8) is 0 Å². The third-order valence-corrected chi connectivity index (χ3v) is 4.31. The largest absolute Gasteiger partial charge is 0.507 e. The monoisotopic (exact) mass is 437 g/mol. The van der Waals surface area contributed by atoms with E-state index in [1.807, 2.05) is 6.07 Å². The molecule has 2 amide bonds. The molecule has 0 radical (unpaired) electrons. The number of hydrogen-bond acceptors (Lipinski definition) is 4. The van der Waals surface area contributed by atoms with Gasteiger partial charge < -0.3 is 10.4 Å². The highest BCUT2D eigenvalue weighted by atomic mass is 79.9. The topological polar surface area (TPSA) is 90.8 Å². The minimum atomic E-state index is -0.491. The minimum Gasteiger partial charge on any atom is -0.507 e. The molecule has 0 unspecified atom stereocenters. The fourth-order valence-electron chi connectivity index (χ4n) is 2.42. The number of rotatable bonds is 5. The van der Waals surface area contributed by atoms with E-state index in [0.29, 0.717) is 16.8 Å². The lowest BCUT2D eigenvalue weighted by Gasteiger charge is -2.10. The Hall–Kier alpha value is -3.45. The molecule has 0 fully saturated rings. The van der Waals surface area contributed by atoms with Crippen LogP contribution in [0.3, 0.4) is 0 Å². The molecule has 0 spiro atoms. The van der Waals surface area contributed by atoms with Gasteiger partial charge in [0.15, 0.2) is 0 Å². The second kappa shape index (κ2) is 8.96. The fourth-order valence-corrected chi connectivity index (χ4v) is 2.80. The van der Waals surface area contributed by atoms with Crippen LogP contribution in [0.4, 0.5) is 5.69 Å². The maximum atomic E-state index is 12.5. The summed E-state index contributed by atoms with van der Waals surface area (Å²) < 4.78 is 0.770. The van der Waals surface area contributed by atoms with Crippen LogP contribution in [0.25, 0.3) is 0 Å². The van der Waals surface area contributed by atoms with Gasteiger partial charge in [0, 0.05) is 15.6 Å². The minimum absolute atomic E-state index is 0.0386. The van der Waals surface area contributed by atoms with Crippen LogP contribution in [0.5, 0.6) is 5.75 Å². The van der Waals surface area contributed by atoms with E-state index in [9.17, 15) is 14.7 Å². The van der Waals surface area contributed by atoms with Crippen LogP contribution in [-0.2, 0) is 0 Å². The van der Waals surface area contributed by atoms with Crippen molar-refractivity contribution in [3.8, 4) is 5.75 Å². The third kappa shape index (κ3) is 4.83. The molecule has 0 aromatic heterocycles. The Bertz CT molecular complexity index is 1040. The molecule has 0 saturated carbocycles. The number of nitrogens with zero attached hydrogens (tertiary/aromatic N) is 1. The zero-order chi connectivity index (χ0) is 19.9. The van der Waals surface area contributed by atoms with Crippen LogP contribution in [0.15, 0.2) is 82.4 Å². The highest BCUT2D eigenvalue weighted by Crippen LogP contribution is 2.20. The molecule has 140 valence electrons. The predicted octanol–water partition coefficient (Wildman–Crippen LogP) is 4.17. The number of halogens is 1. The number of hydrogen-bond donors (Lipinski definition) is 3. The summed E-state index contributed by atoms with van der Waals surface area (Å²) in [6, 6.07) is 20.2. The smallest absolute Gasteiger partial charge is 0.273 e. The number of phenolic OH excluding ortho intramolecular Hbond substituents is 1. The first-order valence-electron chi connectivity index (χ1n) is 8.32. The van der Waals surface area contributed by atoms with Gasteiger partial charge in [-0.2, -0.15) is 5.10 Å². The van der Waals surface area contributed by atoms with Crippen LogP contribution in [0.2, 0.25) is 0 Å². The highest BCUT2D eigenvalue weighted by Gasteiger charge is 2.13. The second-order valence-corrected chi connectivity index (χ2v) is 6.68. The van der Waals surface area contributed by atoms with Gasteiger partial charge >= 0.3 is 0 Å². The maximum Gasteiger partial charge on any atom is 0.273 e. The Labute approximate surface area is 170 Å². The van der Waals surface area contributed by atoms with Gasteiger partial charge in [-0.25, -0.2) is 5.43 Å². The molecule has 3 N–H and O–H groups in total. The van der Waals surface area contributed by atoms with E-state index in [1.54, 1.807) is 60.7 Å². The van der Waals surface area contributed by atoms with Crippen LogP contribution in [0, 0.1) is 0 Å². The highest BCUT2D eigenvalue weighted by molar-refractivity contribution is 9.10. The number of para-hydroxylation sites is 1. The van der Waals surface area contributed by atoms with Crippen molar-refractivity contribution in [2.45, 2.75) is 0 Å². The van der Waals surface area contributed by atoms with Crippen LogP contribution in [-0.4, -0.2) is 23.1 Å². The zero-order valence-corrected chi connectivity index (χ0v) is 16.2. The number of phenols is 1.